The van der Waals surface area contributed by atoms with Crippen molar-refractivity contribution in [3.8, 4) is 0 Å². The third kappa shape index (κ3) is 3.54. The van der Waals surface area contributed by atoms with Crippen molar-refractivity contribution in [1.82, 2.24) is 0 Å². The van der Waals surface area contributed by atoms with E-state index in [4.69, 9.17) is 4.42 Å². The molecule has 1 aliphatic heterocycles. The second-order valence-corrected chi connectivity index (χ2v) is 8.60. The Morgan fingerprint density at radius 3 is 2.32 bits per heavy atom. The van der Waals surface area contributed by atoms with Crippen LogP contribution in [-0.2, 0) is 4.79 Å². The van der Waals surface area contributed by atoms with E-state index in [1.54, 1.807) is 12.1 Å². The van der Waals surface area contributed by atoms with Gasteiger partial charge in [0.15, 0.2) is 5.78 Å². The third-order valence-electron chi connectivity index (χ3n) is 6.40. The Morgan fingerprint density at radius 2 is 1.65 bits per heavy atom. The Kier molecular flexibility index (Phi) is 4.69. The standard InChI is InChI=1S/C26H25FN2O2/c1-14-10-20-21(11-15(14)2)29-26(24-9-4-16(3)31-24)25-22(28-20)12-18(13-23(25)30)17-5-7-19(27)8-6-17/h4-11,18,26,28-29H,12-13H2,1-3H3/t18-,26+/m1/s1. The van der Waals surface area contributed by atoms with Gasteiger partial charge in [0.05, 0.1) is 11.4 Å². The number of carbonyl (C=O) groups excluding carboxylic acids is 1. The third-order valence-corrected chi connectivity index (χ3v) is 6.40. The monoisotopic (exact) mass is 416 g/mol. The number of Topliss-reactive ketones (excluding diaryl/α,β-unsaturated/α-hetero) is 1. The van der Waals surface area contributed by atoms with E-state index in [0.29, 0.717) is 12.8 Å². The van der Waals surface area contributed by atoms with Gasteiger partial charge >= 0.3 is 0 Å². The van der Waals surface area contributed by atoms with Crippen LogP contribution in [0, 0.1) is 26.6 Å². The molecule has 1 aromatic heterocycles. The molecule has 4 nitrogen and oxygen atoms in total. The van der Waals surface area contributed by atoms with Gasteiger partial charge in [0.2, 0.25) is 0 Å². The number of hydrogen-bond acceptors (Lipinski definition) is 4. The molecule has 1 aliphatic carbocycles. The minimum Gasteiger partial charge on any atom is -0.464 e. The molecule has 3 aromatic rings. The number of hydrogen-bond donors (Lipinski definition) is 2. The Hall–Kier alpha value is -3.34. The van der Waals surface area contributed by atoms with Crippen LogP contribution < -0.4 is 10.6 Å². The van der Waals surface area contributed by atoms with Gasteiger partial charge in [0, 0.05) is 17.7 Å². The number of benzene rings is 2. The zero-order valence-corrected chi connectivity index (χ0v) is 17.9. The summed E-state index contributed by atoms with van der Waals surface area (Å²) in [6, 6.07) is 14.2. The number of halogens is 1. The molecule has 0 spiro atoms. The van der Waals surface area contributed by atoms with Crippen molar-refractivity contribution in [2.75, 3.05) is 10.6 Å². The second-order valence-electron chi connectivity index (χ2n) is 8.60. The summed E-state index contributed by atoms with van der Waals surface area (Å²) in [7, 11) is 0. The van der Waals surface area contributed by atoms with E-state index in [9.17, 15) is 9.18 Å². The van der Waals surface area contributed by atoms with Crippen LogP contribution in [-0.4, -0.2) is 5.78 Å². The van der Waals surface area contributed by atoms with Gasteiger partial charge in [0.1, 0.15) is 23.4 Å². The van der Waals surface area contributed by atoms with Gasteiger partial charge in [-0.25, -0.2) is 4.39 Å². The summed E-state index contributed by atoms with van der Waals surface area (Å²) in [5, 5.41) is 7.12. The van der Waals surface area contributed by atoms with Crippen LogP contribution in [0.5, 0.6) is 0 Å². The maximum absolute atomic E-state index is 13.5. The Bertz CT molecular complexity index is 1210. The molecule has 0 radical (unpaired) electrons. The fourth-order valence-electron chi connectivity index (χ4n) is 4.61. The summed E-state index contributed by atoms with van der Waals surface area (Å²) in [6.07, 6.45) is 1.06. The van der Waals surface area contributed by atoms with E-state index in [1.807, 2.05) is 19.1 Å². The van der Waals surface area contributed by atoms with Crippen molar-refractivity contribution >= 4 is 17.2 Å². The Morgan fingerprint density at radius 1 is 0.935 bits per heavy atom. The second kappa shape index (κ2) is 7.41. The fourth-order valence-corrected chi connectivity index (χ4v) is 4.61. The zero-order valence-electron chi connectivity index (χ0n) is 17.9. The highest BCUT2D eigenvalue weighted by atomic mass is 19.1. The zero-order chi connectivity index (χ0) is 21.7. The first-order chi connectivity index (χ1) is 14.9. The number of anilines is 2. The molecule has 2 aromatic carbocycles. The summed E-state index contributed by atoms with van der Waals surface area (Å²) < 4.78 is 19.4. The van der Waals surface area contributed by atoms with Crippen molar-refractivity contribution in [3.05, 3.63) is 93.8 Å². The molecule has 5 rings (SSSR count). The molecule has 0 saturated carbocycles. The highest BCUT2D eigenvalue weighted by molar-refractivity contribution is 6.01. The molecular weight excluding hydrogens is 391 g/mol. The Balaban J connectivity index is 1.62. The first kappa shape index (κ1) is 19.6. The summed E-state index contributed by atoms with van der Waals surface area (Å²) in [5.74, 6) is 1.35. The van der Waals surface area contributed by atoms with E-state index < -0.39 is 0 Å². The smallest absolute Gasteiger partial charge is 0.163 e. The van der Waals surface area contributed by atoms with Gasteiger partial charge < -0.3 is 15.1 Å². The quantitative estimate of drug-likeness (QED) is 0.513. The first-order valence-corrected chi connectivity index (χ1v) is 10.6. The highest BCUT2D eigenvalue weighted by Gasteiger charge is 2.37. The molecule has 158 valence electrons. The molecule has 2 heterocycles. The maximum Gasteiger partial charge on any atom is 0.163 e. The molecule has 0 amide bonds. The normalized spacial score (nSPS) is 20.5. The molecule has 2 atom stereocenters. The lowest BCUT2D eigenvalue weighted by atomic mass is 9.79. The molecule has 5 heteroatoms. The van der Waals surface area contributed by atoms with Crippen molar-refractivity contribution in [3.63, 3.8) is 0 Å². The van der Waals surface area contributed by atoms with Crippen LogP contribution in [0.4, 0.5) is 15.8 Å². The number of carbonyl (C=O) groups is 1. The van der Waals surface area contributed by atoms with E-state index in [0.717, 1.165) is 39.7 Å². The number of allylic oxidation sites excluding steroid dienone is 1. The van der Waals surface area contributed by atoms with Gasteiger partial charge in [0.25, 0.3) is 0 Å². The van der Waals surface area contributed by atoms with E-state index >= 15 is 0 Å². The average molecular weight is 416 g/mol. The number of aryl methyl sites for hydroxylation is 3. The lowest BCUT2D eigenvalue weighted by Crippen LogP contribution is -2.26. The van der Waals surface area contributed by atoms with Gasteiger partial charge in [-0.3, -0.25) is 4.79 Å². The molecular formula is C26H25FN2O2. The summed E-state index contributed by atoms with van der Waals surface area (Å²) in [4.78, 5) is 13.5. The van der Waals surface area contributed by atoms with Gasteiger partial charge in [-0.1, -0.05) is 12.1 Å². The van der Waals surface area contributed by atoms with Crippen LogP contribution in [0.15, 0.2) is 64.2 Å². The molecule has 0 unspecified atom stereocenters. The minimum atomic E-state index is -0.360. The van der Waals surface area contributed by atoms with Gasteiger partial charge in [-0.05, 0) is 86.2 Å². The largest absolute Gasteiger partial charge is 0.464 e. The summed E-state index contributed by atoms with van der Waals surface area (Å²) in [5.41, 5.74) is 6.86. The molecule has 0 bridgehead atoms. The van der Waals surface area contributed by atoms with Crippen LogP contribution in [0.1, 0.15) is 53.0 Å². The molecule has 0 saturated heterocycles. The van der Waals surface area contributed by atoms with Crippen LogP contribution in [0.25, 0.3) is 0 Å². The molecule has 2 N–H and O–H groups in total. The SMILES string of the molecule is Cc1ccc([C@@H]2Nc3cc(C)c(C)cc3NC3=C2C(=O)C[C@H](c2ccc(F)cc2)C3)o1. The van der Waals surface area contributed by atoms with Crippen molar-refractivity contribution in [1.29, 1.82) is 0 Å². The van der Waals surface area contributed by atoms with Crippen LogP contribution in [0.3, 0.4) is 0 Å². The minimum absolute atomic E-state index is 0.00596. The van der Waals surface area contributed by atoms with Crippen molar-refractivity contribution < 1.29 is 13.6 Å². The van der Waals surface area contributed by atoms with E-state index in [-0.39, 0.29) is 23.6 Å². The number of rotatable bonds is 2. The lowest BCUT2D eigenvalue weighted by molar-refractivity contribution is -0.116. The van der Waals surface area contributed by atoms with Crippen LogP contribution in [0.2, 0.25) is 0 Å². The van der Waals surface area contributed by atoms with E-state index in [2.05, 4.69) is 36.6 Å². The fraction of sp³-hybridized carbons (Fsp3) is 0.269. The predicted octanol–water partition coefficient (Wildman–Crippen LogP) is 6.32. The first-order valence-electron chi connectivity index (χ1n) is 10.6. The maximum atomic E-state index is 13.5. The van der Waals surface area contributed by atoms with E-state index in [1.165, 1.54) is 23.3 Å². The number of ketones is 1. The number of nitrogens with one attached hydrogen (secondary N) is 2. The summed E-state index contributed by atoms with van der Waals surface area (Å²) >= 11 is 0. The van der Waals surface area contributed by atoms with Gasteiger partial charge in [-0.15, -0.1) is 0 Å². The number of furan rings is 1. The molecule has 0 fully saturated rings. The lowest BCUT2D eigenvalue weighted by Gasteiger charge is -2.29. The Labute approximate surface area is 181 Å². The predicted molar refractivity (Wildman–Crippen MR) is 120 cm³/mol. The van der Waals surface area contributed by atoms with Crippen molar-refractivity contribution in [2.45, 2.75) is 45.6 Å². The van der Waals surface area contributed by atoms with Crippen molar-refractivity contribution in [2.24, 2.45) is 0 Å². The highest BCUT2D eigenvalue weighted by Crippen LogP contribution is 2.45. The molecule has 2 aliphatic rings. The summed E-state index contributed by atoms with van der Waals surface area (Å²) in [6.45, 7) is 6.07. The van der Waals surface area contributed by atoms with Crippen LogP contribution >= 0.6 is 0 Å². The topological polar surface area (TPSA) is 54.3 Å². The molecule has 31 heavy (non-hydrogen) atoms. The van der Waals surface area contributed by atoms with Gasteiger partial charge in [-0.2, -0.15) is 0 Å². The number of fused-ring (bicyclic) bond motifs is 1. The average Bonchev–Trinajstić information content (AvgIpc) is 3.09.